The molecule has 0 atom stereocenters. The zero-order valence-electron chi connectivity index (χ0n) is 1.90. The fraction of sp³-hybridized carbons (Fsp3) is 0. The summed E-state index contributed by atoms with van der Waals surface area (Å²) in [5.74, 6) is 0. The standard InChI is InChI=1S/Cd.2ClH.Mn/h;2*1H;. The third-order valence-corrected chi connectivity index (χ3v) is 0. The van der Waals surface area contributed by atoms with Crippen molar-refractivity contribution in [2.45, 2.75) is 0 Å². The zero-order valence-corrected chi connectivity index (χ0v) is 8.75. The molecule has 4 heavy (non-hydrogen) atoms. The van der Waals surface area contributed by atoms with Gasteiger partial charge in [0.15, 0.2) is 0 Å². The van der Waals surface area contributed by atoms with E-state index in [0.717, 1.165) is 0 Å². The first-order valence-electron chi connectivity index (χ1n) is 0. The summed E-state index contributed by atoms with van der Waals surface area (Å²) in [6.45, 7) is 0. The van der Waals surface area contributed by atoms with Gasteiger partial charge in [0, 0.05) is 44.4 Å². The molecule has 25 valence electrons. The quantitative estimate of drug-likeness (QED) is 0.550. The summed E-state index contributed by atoms with van der Waals surface area (Å²) in [5, 5.41) is 0. The molecule has 0 saturated heterocycles. The van der Waals surface area contributed by atoms with Gasteiger partial charge in [0.25, 0.3) is 0 Å². The third-order valence-electron chi connectivity index (χ3n) is 0. The number of rotatable bonds is 0. The minimum atomic E-state index is 0. The van der Waals surface area contributed by atoms with Crippen LogP contribution in [0.15, 0.2) is 0 Å². The smallest absolute Gasteiger partial charge is 0 e. The van der Waals surface area contributed by atoms with Crippen molar-refractivity contribution in [3.8, 4) is 0 Å². The van der Waals surface area contributed by atoms with Crippen LogP contribution in [0.3, 0.4) is 0 Å². The fourth-order valence-corrected chi connectivity index (χ4v) is 0. The normalized spacial score (nSPS) is 0. The maximum Gasteiger partial charge on any atom is 0 e. The van der Waals surface area contributed by atoms with Crippen molar-refractivity contribution < 1.29 is 44.4 Å². The van der Waals surface area contributed by atoms with Crippen LogP contribution < -0.4 is 0 Å². The van der Waals surface area contributed by atoms with Crippen molar-refractivity contribution in [1.29, 1.82) is 0 Å². The molecule has 0 bridgehead atoms. The number of hydrogen-bond donors (Lipinski definition) is 0. The molecule has 0 N–H and O–H groups in total. The van der Waals surface area contributed by atoms with Gasteiger partial charge in [-0.3, -0.25) is 0 Å². The van der Waals surface area contributed by atoms with Crippen molar-refractivity contribution in [1.82, 2.24) is 0 Å². The summed E-state index contributed by atoms with van der Waals surface area (Å²) >= 11 is 0. The van der Waals surface area contributed by atoms with Crippen LogP contribution in [-0.2, 0) is 44.4 Å². The Hall–Kier alpha value is 2.02. The molecule has 0 aliphatic carbocycles. The first-order valence-corrected chi connectivity index (χ1v) is 0. The van der Waals surface area contributed by atoms with Gasteiger partial charge in [0.05, 0.1) is 0 Å². The van der Waals surface area contributed by atoms with Gasteiger partial charge in [0.1, 0.15) is 0 Å². The Balaban J connectivity index is 0. The molecule has 0 aliphatic rings. The van der Waals surface area contributed by atoms with Crippen molar-refractivity contribution in [3.05, 3.63) is 0 Å². The van der Waals surface area contributed by atoms with E-state index < -0.39 is 0 Å². The Bertz CT molecular complexity index is 6.00. The second kappa shape index (κ2) is 19.9. The van der Waals surface area contributed by atoms with E-state index in [0.29, 0.717) is 0 Å². The van der Waals surface area contributed by atoms with Crippen molar-refractivity contribution in [2.24, 2.45) is 0 Å². The summed E-state index contributed by atoms with van der Waals surface area (Å²) in [6.07, 6.45) is 0. The summed E-state index contributed by atoms with van der Waals surface area (Å²) in [7, 11) is 0. The molecular weight excluding hydrogens is 238 g/mol. The largest absolute Gasteiger partial charge is 0.147 e. The van der Waals surface area contributed by atoms with Crippen LogP contribution in [0.2, 0.25) is 0 Å². The topological polar surface area (TPSA) is 0 Å². The second-order valence-corrected chi connectivity index (χ2v) is 0. The Labute approximate surface area is 68.6 Å². The van der Waals surface area contributed by atoms with E-state index in [-0.39, 0.29) is 69.2 Å². The monoisotopic (exact) mass is 241 g/mol. The maximum absolute atomic E-state index is 0. The third kappa shape index (κ3) is 8.98. The molecule has 0 spiro atoms. The second-order valence-electron chi connectivity index (χ2n) is 0. The Morgan fingerprint density at radius 2 is 0.750 bits per heavy atom. The summed E-state index contributed by atoms with van der Waals surface area (Å²) in [4.78, 5) is 0. The van der Waals surface area contributed by atoms with Crippen LogP contribution in [0.5, 0.6) is 0 Å². The van der Waals surface area contributed by atoms with Gasteiger partial charge in [-0.25, -0.2) is 0 Å². The average molecular weight is 240 g/mol. The van der Waals surface area contributed by atoms with Gasteiger partial charge < -0.3 is 0 Å². The summed E-state index contributed by atoms with van der Waals surface area (Å²) in [6, 6.07) is 0. The molecule has 0 aromatic carbocycles. The summed E-state index contributed by atoms with van der Waals surface area (Å²) in [5.41, 5.74) is 0. The van der Waals surface area contributed by atoms with Crippen LogP contribution in [0.1, 0.15) is 0 Å². The molecule has 0 saturated carbocycles. The molecule has 0 heterocycles. The fourth-order valence-electron chi connectivity index (χ4n) is 0. The molecule has 4 heteroatoms. The van der Waals surface area contributed by atoms with Crippen molar-refractivity contribution >= 4 is 24.8 Å². The Kier molecular flexibility index (Phi) is 185. The molecule has 0 amide bonds. The zero-order chi connectivity index (χ0) is 0. The van der Waals surface area contributed by atoms with Crippen LogP contribution in [0, 0.1) is 0 Å². The van der Waals surface area contributed by atoms with E-state index >= 15 is 0 Å². The van der Waals surface area contributed by atoms with Crippen LogP contribution in [0.25, 0.3) is 0 Å². The van der Waals surface area contributed by atoms with E-state index in [2.05, 4.69) is 0 Å². The van der Waals surface area contributed by atoms with E-state index in [9.17, 15) is 0 Å². The van der Waals surface area contributed by atoms with E-state index in [4.69, 9.17) is 0 Å². The van der Waals surface area contributed by atoms with Gasteiger partial charge in [-0.2, -0.15) is 0 Å². The molecule has 0 unspecified atom stereocenters. The molecule has 0 aromatic rings. The molecule has 0 aliphatic heterocycles. The average Bonchev–Trinajstić information content (AvgIpc) is 0. The first-order chi connectivity index (χ1) is 0. The van der Waals surface area contributed by atoms with Gasteiger partial charge in [-0.05, 0) is 0 Å². The molecule has 0 aromatic heterocycles. The number of halogens is 2. The minimum absolute atomic E-state index is 0. The van der Waals surface area contributed by atoms with E-state index in [1.54, 1.807) is 0 Å². The van der Waals surface area contributed by atoms with Gasteiger partial charge in [-0.15, -0.1) is 24.8 Å². The maximum atomic E-state index is 0. The van der Waals surface area contributed by atoms with Crippen LogP contribution in [-0.4, -0.2) is 0 Å². The van der Waals surface area contributed by atoms with Gasteiger partial charge in [-0.1, -0.05) is 0 Å². The van der Waals surface area contributed by atoms with Crippen LogP contribution >= 0.6 is 24.8 Å². The SMILES string of the molecule is Cl.Cl.[Cd].[Mn]. The minimum Gasteiger partial charge on any atom is -0.147 e. The Morgan fingerprint density at radius 3 is 0.750 bits per heavy atom. The number of hydrogen-bond acceptors (Lipinski definition) is 0. The summed E-state index contributed by atoms with van der Waals surface area (Å²) < 4.78 is 0. The first kappa shape index (κ1) is 37.2. The predicted molar refractivity (Wildman–Crippen MR) is 14.5 cm³/mol. The molecule has 0 rings (SSSR count). The molecular formula is H2CdCl2Mn. The van der Waals surface area contributed by atoms with E-state index in [1.807, 2.05) is 0 Å². The van der Waals surface area contributed by atoms with Crippen LogP contribution in [0.4, 0.5) is 0 Å². The van der Waals surface area contributed by atoms with E-state index in [1.165, 1.54) is 0 Å². The predicted octanol–water partition coefficient (Wildman–Crippen LogP) is 0.839. The molecule has 0 nitrogen and oxygen atoms in total. The Morgan fingerprint density at radius 1 is 0.750 bits per heavy atom. The van der Waals surface area contributed by atoms with Gasteiger partial charge in [0.2, 0.25) is 0 Å². The van der Waals surface area contributed by atoms with Crippen molar-refractivity contribution in [3.63, 3.8) is 0 Å². The van der Waals surface area contributed by atoms with Crippen molar-refractivity contribution in [2.75, 3.05) is 0 Å². The van der Waals surface area contributed by atoms with Gasteiger partial charge >= 0.3 is 0 Å². The molecule has 0 fully saturated rings. The molecule has 1 radical (unpaired) electrons.